The minimum absolute atomic E-state index is 0.126. The highest BCUT2D eigenvalue weighted by Crippen LogP contribution is 2.37. The molecule has 0 aliphatic rings. The molecular weight excluding hydrogens is 336 g/mol. The van der Waals surface area contributed by atoms with Crippen molar-refractivity contribution < 1.29 is 43.5 Å². The highest BCUT2D eigenvalue weighted by Gasteiger charge is 2.25. The smallest absolute Gasteiger partial charge is 0.345 e. The number of hydrogen-bond acceptors (Lipinski definition) is 8. The van der Waals surface area contributed by atoms with Crippen LogP contribution in [0.3, 0.4) is 0 Å². The van der Waals surface area contributed by atoms with Gasteiger partial charge >= 0.3 is 17.9 Å². The number of esters is 2. The van der Waals surface area contributed by atoms with Crippen LogP contribution in [0.15, 0.2) is 18.2 Å². The minimum atomic E-state index is -1.66. The van der Waals surface area contributed by atoms with Crippen LogP contribution in [0.5, 0.6) is 17.2 Å². The predicted octanol–water partition coefficient (Wildman–Crippen LogP) is 0.982. The van der Waals surface area contributed by atoms with Crippen LogP contribution >= 0.6 is 0 Å². The summed E-state index contributed by atoms with van der Waals surface area (Å²) in [5, 5.41) is 18.8. The number of carbonyl (C=O) groups is 3. The molecular formula is C16H18O9. The molecule has 1 unspecified atom stereocenters. The molecule has 0 heterocycles. The molecule has 136 valence electrons. The second-order valence-electron chi connectivity index (χ2n) is 4.65. The van der Waals surface area contributed by atoms with Crippen LogP contribution in [0, 0.1) is 0 Å². The van der Waals surface area contributed by atoms with Gasteiger partial charge in [0.05, 0.1) is 27.8 Å². The fraction of sp³-hybridized carbons (Fsp3) is 0.312. The summed E-state index contributed by atoms with van der Waals surface area (Å²) in [5.74, 6) is -3.21. The van der Waals surface area contributed by atoms with Gasteiger partial charge in [-0.3, -0.25) is 4.79 Å². The van der Waals surface area contributed by atoms with E-state index in [1.807, 2.05) is 0 Å². The summed E-state index contributed by atoms with van der Waals surface area (Å²) in [4.78, 5) is 33.8. The molecule has 9 heteroatoms. The second kappa shape index (κ2) is 9.16. The molecule has 1 rings (SSSR count). The minimum Gasteiger partial charge on any atom is -0.502 e. The molecule has 0 aliphatic carbocycles. The Kier molecular flexibility index (Phi) is 7.26. The van der Waals surface area contributed by atoms with E-state index in [-0.39, 0.29) is 17.2 Å². The van der Waals surface area contributed by atoms with Gasteiger partial charge in [-0.2, -0.15) is 0 Å². The summed E-state index contributed by atoms with van der Waals surface area (Å²) in [7, 11) is 3.79. The van der Waals surface area contributed by atoms with Crippen molar-refractivity contribution >= 4 is 24.0 Å². The highest BCUT2D eigenvalue weighted by atomic mass is 16.6. The van der Waals surface area contributed by atoms with Crippen molar-refractivity contribution in [3.8, 4) is 17.2 Å². The first-order valence-electron chi connectivity index (χ1n) is 6.95. The first kappa shape index (κ1) is 19.8. The standard InChI is InChI=1S/C16H18O9/c1-22-10-6-9(7-11(23-2)15(10)19)4-5-13(17)25-12(16(20)21)8-14(18)24-3/h4-7,12,19H,8H2,1-3H3,(H,20,21). The number of phenolic OH excluding ortho intramolecular Hbond substituents is 1. The number of carboxylic acids is 1. The van der Waals surface area contributed by atoms with Crippen molar-refractivity contribution in [3.63, 3.8) is 0 Å². The van der Waals surface area contributed by atoms with Crippen LogP contribution < -0.4 is 9.47 Å². The van der Waals surface area contributed by atoms with E-state index in [9.17, 15) is 19.5 Å². The lowest BCUT2D eigenvalue weighted by Gasteiger charge is -2.11. The second-order valence-corrected chi connectivity index (χ2v) is 4.65. The molecule has 1 aromatic carbocycles. The van der Waals surface area contributed by atoms with E-state index in [0.717, 1.165) is 13.2 Å². The third kappa shape index (κ3) is 5.72. The monoisotopic (exact) mass is 354 g/mol. The third-order valence-electron chi connectivity index (χ3n) is 3.03. The number of benzene rings is 1. The molecule has 0 radical (unpaired) electrons. The fourth-order valence-corrected chi connectivity index (χ4v) is 1.77. The van der Waals surface area contributed by atoms with Gasteiger partial charge in [-0.15, -0.1) is 0 Å². The van der Waals surface area contributed by atoms with E-state index >= 15 is 0 Å². The van der Waals surface area contributed by atoms with Gasteiger partial charge in [0, 0.05) is 6.08 Å². The molecule has 0 fully saturated rings. The normalized spacial score (nSPS) is 11.6. The summed E-state index contributed by atoms with van der Waals surface area (Å²) in [6.07, 6.45) is 0.0164. The molecule has 1 atom stereocenters. The van der Waals surface area contributed by atoms with E-state index in [4.69, 9.17) is 19.3 Å². The summed E-state index contributed by atoms with van der Waals surface area (Å²) in [6.45, 7) is 0. The van der Waals surface area contributed by atoms with Crippen LogP contribution in [-0.2, 0) is 23.9 Å². The molecule has 0 amide bonds. The zero-order valence-corrected chi connectivity index (χ0v) is 13.8. The molecule has 0 saturated heterocycles. The Morgan fingerprint density at radius 1 is 1.12 bits per heavy atom. The lowest BCUT2D eigenvalue weighted by atomic mass is 10.1. The number of rotatable bonds is 8. The van der Waals surface area contributed by atoms with Gasteiger partial charge < -0.3 is 29.2 Å². The number of hydrogen-bond donors (Lipinski definition) is 2. The van der Waals surface area contributed by atoms with Gasteiger partial charge in [-0.25, -0.2) is 9.59 Å². The van der Waals surface area contributed by atoms with Crippen LogP contribution in [0.4, 0.5) is 0 Å². The van der Waals surface area contributed by atoms with E-state index < -0.39 is 30.4 Å². The van der Waals surface area contributed by atoms with Crippen molar-refractivity contribution in [2.24, 2.45) is 0 Å². The summed E-state index contributed by atoms with van der Waals surface area (Å²) < 4.78 is 19.0. The number of ether oxygens (including phenoxy) is 4. The van der Waals surface area contributed by atoms with Crippen molar-refractivity contribution in [1.82, 2.24) is 0 Å². The zero-order chi connectivity index (χ0) is 19.0. The first-order chi connectivity index (χ1) is 11.8. The van der Waals surface area contributed by atoms with Crippen LogP contribution in [0.1, 0.15) is 12.0 Å². The molecule has 0 bridgehead atoms. The molecule has 0 saturated carbocycles. The molecule has 25 heavy (non-hydrogen) atoms. The number of aromatic hydroxyl groups is 1. The van der Waals surface area contributed by atoms with Gasteiger partial charge in [0.15, 0.2) is 11.5 Å². The zero-order valence-electron chi connectivity index (χ0n) is 13.8. The topological polar surface area (TPSA) is 129 Å². The van der Waals surface area contributed by atoms with Gasteiger partial charge in [0.2, 0.25) is 11.9 Å². The number of methoxy groups -OCH3 is 3. The molecule has 0 aromatic heterocycles. The van der Waals surface area contributed by atoms with E-state index in [0.29, 0.717) is 5.56 Å². The average Bonchev–Trinajstić information content (AvgIpc) is 2.59. The van der Waals surface area contributed by atoms with Gasteiger partial charge in [-0.1, -0.05) is 0 Å². The maximum Gasteiger partial charge on any atom is 0.345 e. The van der Waals surface area contributed by atoms with Gasteiger partial charge in [-0.05, 0) is 23.8 Å². The van der Waals surface area contributed by atoms with Crippen molar-refractivity contribution in [3.05, 3.63) is 23.8 Å². The highest BCUT2D eigenvalue weighted by molar-refractivity contribution is 5.90. The molecule has 2 N–H and O–H groups in total. The maximum atomic E-state index is 11.7. The van der Waals surface area contributed by atoms with Crippen LogP contribution in [0.2, 0.25) is 0 Å². The SMILES string of the molecule is COC(=O)CC(OC(=O)C=Cc1cc(OC)c(O)c(OC)c1)C(=O)O. The Balaban J connectivity index is 2.88. The third-order valence-corrected chi connectivity index (χ3v) is 3.03. The van der Waals surface area contributed by atoms with Gasteiger partial charge in [0.1, 0.15) is 0 Å². The van der Waals surface area contributed by atoms with E-state index in [2.05, 4.69) is 4.74 Å². The molecule has 0 spiro atoms. The summed E-state index contributed by atoms with van der Waals surface area (Å²) in [5.41, 5.74) is 0.434. The fourth-order valence-electron chi connectivity index (χ4n) is 1.77. The molecule has 1 aromatic rings. The molecule has 0 aliphatic heterocycles. The Morgan fingerprint density at radius 3 is 2.12 bits per heavy atom. The van der Waals surface area contributed by atoms with Crippen LogP contribution in [0.25, 0.3) is 6.08 Å². The number of aliphatic carboxylic acids is 1. The number of carbonyl (C=O) groups excluding carboxylic acids is 2. The van der Waals surface area contributed by atoms with E-state index in [1.54, 1.807) is 0 Å². The largest absolute Gasteiger partial charge is 0.502 e. The summed E-state index contributed by atoms with van der Waals surface area (Å²) in [6, 6.07) is 2.87. The van der Waals surface area contributed by atoms with Crippen molar-refractivity contribution in [2.45, 2.75) is 12.5 Å². The first-order valence-corrected chi connectivity index (χ1v) is 6.95. The van der Waals surface area contributed by atoms with Crippen molar-refractivity contribution in [1.29, 1.82) is 0 Å². The summed E-state index contributed by atoms with van der Waals surface area (Å²) >= 11 is 0. The lowest BCUT2D eigenvalue weighted by molar-refractivity contribution is -0.165. The average molecular weight is 354 g/mol. The lowest BCUT2D eigenvalue weighted by Crippen LogP contribution is -2.29. The quantitative estimate of drug-likeness (QED) is 0.518. The Morgan fingerprint density at radius 2 is 1.68 bits per heavy atom. The maximum absolute atomic E-state index is 11.7. The molecule has 9 nitrogen and oxygen atoms in total. The number of carboxylic acid groups (broad SMARTS) is 1. The Bertz CT molecular complexity index is 653. The van der Waals surface area contributed by atoms with Crippen LogP contribution in [-0.4, -0.2) is 55.6 Å². The van der Waals surface area contributed by atoms with Crippen molar-refractivity contribution in [2.75, 3.05) is 21.3 Å². The number of phenols is 1. The Labute approximate surface area is 143 Å². The van der Waals surface area contributed by atoms with E-state index in [1.165, 1.54) is 32.4 Å². The van der Waals surface area contributed by atoms with Gasteiger partial charge in [0.25, 0.3) is 0 Å². The predicted molar refractivity (Wildman–Crippen MR) is 84.4 cm³/mol. The Hall–Kier alpha value is -3.23.